The van der Waals surface area contributed by atoms with Gasteiger partial charge in [0.15, 0.2) is 6.10 Å². The first kappa shape index (κ1) is 13.4. The van der Waals surface area contributed by atoms with Crippen molar-refractivity contribution < 1.29 is 19.7 Å². The van der Waals surface area contributed by atoms with Gasteiger partial charge in [0.2, 0.25) is 0 Å². The van der Waals surface area contributed by atoms with E-state index in [1.165, 1.54) is 12.8 Å². The Balaban J connectivity index is 3.23. The number of carbonyl (C=O) groups is 1. The van der Waals surface area contributed by atoms with E-state index in [9.17, 15) is 4.79 Å². The van der Waals surface area contributed by atoms with Crippen LogP contribution in [-0.4, -0.2) is 35.5 Å². The fourth-order valence-electron chi connectivity index (χ4n) is 1.05. The monoisotopic (exact) mass is 204 g/mol. The van der Waals surface area contributed by atoms with Crippen LogP contribution >= 0.6 is 0 Å². The fourth-order valence-corrected chi connectivity index (χ4v) is 1.05. The summed E-state index contributed by atoms with van der Waals surface area (Å²) >= 11 is 0. The van der Waals surface area contributed by atoms with Crippen LogP contribution in [-0.2, 0) is 9.53 Å². The predicted molar refractivity (Wildman–Crippen MR) is 52.8 cm³/mol. The molecular formula is C10H20O4. The number of esters is 1. The van der Waals surface area contributed by atoms with Crippen molar-refractivity contribution >= 4 is 5.97 Å². The van der Waals surface area contributed by atoms with Crippen LogP contribution in [0.3, 0.4) is 0 Å². The van der Waals surface area contributed by atoms with E-state index in [4.69, 9.17) is 14.9 Å². The van der Waals surface area contributed by atoms with Gasteiger partial charge in [-0.15, -0.1) is 0 Å². The molecule has 0 radical (unpaired) electrons. The number of rotatable bonds is 8. The summed E-state index contributed by atoms with van der Waals surface area (Å²) in [6, 6.07) is 0. The van der Waals surface area contributed by atoms with E-state index in [2.05, 4.69) is 6.92 Å². The van der Waals surface area contributed by atoms with Gasteiger partial charge in [-0.1, -0.05) is 32.6 Å². The van der Waals surface area contributed by atoms with Gasteiger partial charge in [-0.25, -0.2) is 4.79 Å². The summed E-state index contributed by atoms with van der Waals surface area (Å²) in [5.74, 6) is -0.733. The highest BCUT2D eigenvalue weighted by molar-refractivity contribution is 5.74. The number of unbranched alkanes of at least 4 members (excludes halogenated alkanes) is 4. The molecule has 0 spiro atoms. The average Bonchev–Trinajstić information content (AvgIpc) is 2.21. The van der Waals surface area contributed by atoms with Gasteiger partial charge in [0.05, 0.1) is 13.2 Å². The van der Waals surface area contributed by atoms with Gasteiger partial charge in [-0.3, -0.25) is 0 Å². The Hall–Kier alpha value is -0.610. The second-order valence-electron chi connectivity index (χ2n) is 3.28. The summed E-state index contributed by atoms with van der Waals surface area (Å²) in [4.78, 5) is 10.8. The summed E-state index contributed by atoms with van der Waals surface area (Å²) in [5.41, 5.74) is 0. The molecule has 0 rings (SSSR count). The predicted octanol–water partition coefficient (Wildman–Crippen LogP) is 0.853. The van der Waals surface area contributed by atoms with Crippen LogP contribution < -0.4 is 0 Å². The number of aliphatic hydroxyl groups excluding tert-OH is 2. The molecule has 14 heavy (non-hydrogen) atoms. The van der Waals surface area contributed by atoms with E-state index in [0.29, 0.717) is 6.61 Å². The van der Waals surface area contributed by atoms with Crippen LogP contribution in [0.4, 0.5) is 0 Å². The van der Waals surface area contributed by atoms with Crippen LogP contribution in [0.5, 0.6) is 0 Å². The zero-order valence-electron chi connectivity index (χ0n) is 8.74. The first-order chi connectivity index (χ1) is 6.72. The van der Waals surface area contributed by atoms with Gasteiger partial charge >= 0.3 is 5.97 Å². The minimum absolute atomic E-state index is 0.333. The SMILES string of the molecule is CCCCCCCOC(=O)C(O)CO. The standard InChI is InChI=1S/C10H20O4/c1-2-3-4-5-6-7-14-10(13)9(12)8-11/h9,11-12H,2-8H2,1H3. The summed E-state index contributed by atoms with van der Waals surface area (Å²) in [6.07, 6.45) is 4.01. The van der Waals surface area contributed by atoms with Crippen LogP contribution in [0.2, 0.25) is 0 Å². The van der Waals surface area contributed by atoms with E-state index in [1.54, 1.807) is 0 Å². The topological polar surface area (TPSA) is 66.8 Å². The third kappa shape index (κ3) is 6.86. The van der Waals surface area contributed by atoms with E-state index in [-0.39, 0.29) is 0 Å². The van der Waals surface area contributed by atoms with E-state index in [1.807, 2.05) is 0 Å². The van der Waals surface area contributed by atoms with Crippen molar-refractivity contribution in [1.82, 2.24) is 0 Å². The van der Waals surface area contributed by atoms with Crippen LogP contribution in [0, 0.1) is 0 Å². The third-order valence-corrected chi connectivity index (χ3v) is 1.94. The largest absolute Gasteiger partial charge is 0.464 e. The molecule has 0 aromatic heterocycles. The molecule has 1 atom stereocenters. The fraction of sp³-hybridized carbons (Fsp3) is 0.900. The molecular weight excluding hydrogens is 184 g/mol. The molecule has 0 amide bonds. The molecule has 0 bridgehead atoms. The Morgan fingerprint density at radius 2 is 1.93 bits per heavy atom. The number of ether oxygens (including phenoxy) is 1. The number of carbonyl (C=O) groups excluding carboxylic acids is 1. The third-order valence-electron chi connectivity index (χ3n) is 1.94. The van der Waals surface area contributed by atoms with Crippen molar-refractivity contribution in [3.8, 4) is 0 Å². The van der Waals surface area contributed by atoms with Crippen molar-refractivity contribution in [2.24, 2.45) is 0 Å². The summed E-state index contributed by atoms with van der Waals surface area (Å²) in [6.45, 7) is 1.89. The Morgan fingerprint density at radius 3 is 2.50 bits per heavy atom. The average molecular weight is 204 g/mol. The first-order valence-corrected chi connectivity index (χ1v) is 5.18. The molecule has 2 N–H and O–H groups in total. The normalized spacial score (nSPS) is 12.5. The summed E-state index contributed by atoms with van der Waals surface area (Å²) < 4.78 is 4.73. The van der Waals surface area contributed by atoms with Crippen molar-refractivity contribution in [1.29, 1.82) is 0 Å². The Bertz CT molecular complexity index is 147. The Labute approximate surface area is 84.9 Å². The van der Waals surface area contributed by atoms with Crippen molar-refractivity contribution in [2.75, 3.05) is 13.2 Å². The lowest BCUT2D eigenvalue weighted by molar-refractivity contribution is -0.155. The molecule has 0 heterocycles. The lowest BCUT2D eigenvalue weighted by Gasteiger charge is -2.07. The van der Waals surface area contributed by atoms with Gasteiger partial charge in [-0.05, 0) is 6.42 Å². The second-order valence-corrected chi connectivity index (χ2v) is 3.28. The Kier molecular flexibility index (Phi) is 8.57. The van der Waals surface area contributed by atoms with E-state index >= 15 is 0 Å². The number of aliphatic hydroxyl groups is 2. The molecule has 0 aromatic rings. The van der Waals surface area contributed by atoms with E-state index in [0.717, 1.165) is 19.3 Å². The van der Waals surface area contributed by atoms with Crippen LogP contribution in [0.25, 0.3) is 0 Å². The number of hydrogen-bond donors (Lipinski definition) is 2. The lowest BCUT2D eigenvalue weighted by Crippen LogP contribution is -2.26. The number of hydrogen-bond acceptors (Lipinski definition) is 4. The quantitative estimate of drug-likeness (QED) is 0.454. The molecule has 84 valence electrons. The molecule has 0 aliphatic carbocycles. The zero-order valence-corrected chi connectivity index (χ0v) is 8.74. The molecule has 0 aromatic carbocycles. The lowest BCUT2D eigenvalue weighted by atomic mass is 10.2. The summed E-state index contributed by atoms with van der Waals surface area (Å²) in [7, 11) is 0. The van der Waals surface area contributed by atoms with Gasteiger partial charge in [0, 0.05) is 0 Å². The maximum absolute atomic E-state index is 10.8. The van der Waals surface area contributed by atoms with Gasteiger partial charge in [0.1, 0.15) is 0 Å². The van der Waals surface area contributed by atoms with Crippen LogP contribution in [0.1, 0.15) is 39.0 Å². The molecule has 0 saturated heterocycles. The molecule has 0 saturated carbocycles. The zero-order chi connectivity index (χ0) is 10.8. The molecule has 4 heteroatoms. The molecule has 4 nitrogen and oxygen atoms in total. The van der Waals surface area contributed by atoms with Crippen molar-refractivity contribution in [3.63, 3.8) is 0 Å². The highest BCUT2D eigenvalue weighted by Crippen LogP contribution is 2.02. The highest BCUT2D eigenvalue weighted by atomic mass is 16.5. The molecule has 0 aliphatic heterocycles. The molecule has 0 aliphatic rings. The Morgan fingerprint density at radius 1 is 1.29 bits per heavy atom. The van der Waals surface area contributed by atoms with E-state index < -0.39 is 18.7 Å². The van der Waals surface area contributed by atoms with Crippen molar-refractivity contribution in [2.45, 2.75) is 45.1 Å². The summed E-state index contributed by atoms with van der Waals surface area (Å²) in [5, 5.41) is 17.3. The smallest absolute Gasteiger partial charge is 0.337 e. The maximum Gasteiger partial charge on any atom is 0.337 e. The first-order valence-electron chi connectivity index (χ1n) is 5.18. The van der Waals surface area contributed by atoms with Gasteiger partial charge in [-0.2, -0.15) is 0 Å². The van der Waals surface area contributed by atoms with Crippen molar-refractivity contribution in [3.05, 3.63) is 0 Å². The minimum atomic E-state index is -1.38. The molecule has 0 fully saturated rings. The second kappa shape index (κ2) is 8.97. The van der Waals surface area contributed by atoms with Crippen LogP contribution in [0.15, 0.2) is 0 Å². The van der Waals surface area contributed by atoms with Gasteiger partial charge < -0.3 is 14.9 Å². The molecule has 1 unspecified atom stereocenters. The van der Waals surface area contributed by atoms with Gasteiger partial charge in [0.25, 0.3) is 0 Å². The highest BCUT2D eigenvalue weighted by Gasteiger charge is 2.14. The minimum Gasteiger partial charge on any atom is -0.464 e. The maximum atomic E-state index is 10.8.